The molecule has 0 saturated heterocycles. The van der Waals surface area contributed by atoms with Gasteiger partial charge in [0.15, 0.2) is 0 Å². The van der Waals surface area contributed by atoms with E-state index in [1.165, 1.54) is 0 Å². The summed E-state index contributed by atoms with van der Waals surface area (Å²) in [6.45, 7) is 1.99. The largest absolute Gasteiger partial charge is 0.497 e. The molecular formula is C16H17BrClNO. The first kappa shape index (κ1) is 15.4. The van der Waals surface area contributed by atoms with Crippen molar-refractivity contribution in [2.24, 2.45) is 5.73 Å². The van der Waals surface area contributed by atoms with Crippen LogP contribution in [0.1, 0.15) is 18.1 Å². The first-order valence-electron chi connectivity index (χ1n) is 6.30. The van der Waals surface area contributed by atoms with Crippen molar-refractivity contribution >= 4 is 27.5 Å². The molecule has 0 saturated carbocycles. The van der Waals surface area contributed by atoms with E-state index in [0.29, 0.717) is 11.4 Å². The van der Waals surface area contributed by atoms with E-state index in [1.54, 1.807) is 7.11 Å². The van der Waals surface area contributed by atoms with Gasteiger partial charge in [-0.25, -0.2) is 0 Å². The Morgan fingerprint density at radius 3 is 2.60 bits per heavy atom. The van der Waals surface area contributed by atoms with Crippen LogP contribution in [0.15, 0.2) is 46.9 Å². The number of hydrogen-bond donors (Lipinski definition) is 1. The Kier molecular flexibility index (Phi) is 4.74. The van der Waals surface area contributed by atoms with Gasteiger partial charge in [0.1, 0.15) is 5.75 Å². The fourth-order valence-electron chi connectivity index (χ4n) is 2.23. The first-order chi connectivity index (χ1) is 9.44. The summed E-state index contributed by atoms with van der Waals surface area (Å²) in [6.07, 6.45) is 0.661. The van der Waals surface area contributed by atoms with E-state index in [0.717, 1.165) is 21.3 Å². The van der Waals surface area contributed by atoms with Crippen LogP contribution in [0.25, 0.3) is 0 Å². The second kappa shape index (κ2) is 6.17. The van der Waals surface area contributed by atoms with E-state index in [9.17, 15) is 0 Å². The molecule has 20 heavy (non-hydrogen) atoms. The Morgan fingerprint density at radius 2 is 1.95 bits per heavy atom. The summed E-state index contributed by atoms with van der Waals surface area (Å²) in [6, 6.07) is 13.6. The van der Waals surface area contributed by atoms with Crippen molar-refractivity contribution in [2.45, 2.75) is 18.9 Å². The normalized spacial score (nSPS) is 13.8. The van der Waals surface area contributed by atoms with E-state index in [2.05, 4.69) is 15.9 Å². The zero-order chi connectivity index (χ0) is 14.8. The molecular weight excluding hydrogens is 338 g/mol. The third-order valence-corrected chi connectivity index (χ3v) is 4.40. The molecule has 1 atom stereocenters. The van der Waals surface area contributed by atoms with Gasteiger partial charge in [-0.05, 0) is 48.7 Å². The Morgan fingerprint density at radius 1 is 1.25 bits per heavy atom. The molecule has 2 aromatic rings. The molecule has 106 valence electrons. The fourth-order valence-corrected chi connectivity index (χ4v) is 2.97. The monoisotopic (exact) mass is 353 g/mol. The van der Waals surface area contributed by atoms with Crippen molar-refractivity contribution in [3.63, 3.8) is 0 Å². The SMILES string of the molecule is COc1ccc(Br)c(CC(C)(N)c2ccccc2Cl)c1. The van der Waals surface area contributed by atoms with Crippen LogP contribution in [0, 0.1) is 0 Å². The minimum Gasteiger partial charge on any atom is -0.497 e. The molecule has 2 nitrogen and oxygen atoms in total. The van der Waals surface area contributed by atoms with Crippen LogP contribution >= 0.6 is 27.5 Å². The van der Waals surface area contributed by atoms with Gasteiger partial charge in [0.25, 0.3) is 0 Å². The number of methoxy groups -OCH3 is 1. The van der Waals surface area contributed by atoms with Gasteiger partial charge in [-0.15, -0.1) is 0 Å². The molecule has 0 spiro atoms. The van der Waals surface area contributed by atoms with E-state index in [4.69, 9.17) is 22.1 Å². The molecule has 0 bridgehead atoms. The highest BCUT2D eigenvalue weighted by molar-refractivity contribution is 9.10. The number of benzene rings is 2. The van der Waals surface area contributed by atoms with Crippen LogP contribution in [0.2, 0.25) is 5.02 Å². The highest BCUT2D eigenvalue weighted by atomic mass is 79.9. The Labute approximate surface area is 133 Å². The topological polar surface area (TPSA) is 35.2 Å². The average molecular weight is 355 g/mol. The molecule has 0 aliphatic heterocycles. The second-order valence-corrected chi connectivity index (χ2v) is 6.29. The maximum Gasteiger partial charge on any atom is 0.119 e. The fraction of sp³-hybridized carbons (Fsp3) is 0.250. The van der Waals surface area contributed by atoms with Crippen molar-refractivity contribution in [1.29, 1.82) is 0 Å². The maximum atomic E-state index is 6.49. The van der Waals surface area contributed by atoms with Crippen molar-refractivity contribution < 1.29 is 4.74 Å². The van der Waals surface area contributed by atoms with Crippen LogP contribution in [0.4, 0.5) is 0 Å². The summed E-state index contributed by atoms with van der Waals surface area (Å²) in [5.74, 6) is 0.818. The van der Waals surface area contributed by atoms with Gasteiger partial charge < -0.3 is 10.5 Å². The summed E-state index contributed by atoms with van der Waals surface area (Å²) >= 11 is 9.82. The predicted molar refractivity (Wildman–Crippen MR) is 87.4 cm³/mol. The molecule has 0 amide bonds. The lowest BCUT2D eigenvalue weighted by atomic mass is 9.86. The van der Waals surface area contributed by atoms with Crippen molar-refractivity contribution in [3.8, 4) is 5.75 Å². The zero-order valence-corrected chi connectivity index (χ0v) is 13.8. The molecule has 1 unspecified atom stereocenters. The molecule has 2 rings (SSSR count). The molecule has 0 fully saturated rings. The zero-order valence-electron chi connectivity index (χ0n) is 11.5. The van der Waals surface area contributed by atoms with E-state index in [-0.39, 0.29) is 0 Å². The lowest BCUT2D eigenvalue weighted by Crippen LogP contribution is -2.35. The Bertz CT molecular complexity index is 613. The third-order valence-electron chi connectivity index (χ3n) is 3.30. The summed E-state index contributed by atoms with van der Waals surface area (Å²) < 4.78 is 6.28. The lowest BCUT2D eigenvalue weighted by Gasteiger charge is -2.27. The van der Waals surface area contributed by atoms with Gasteiger partial charge in [0.05, 0.1) is 7.11 Å². The number of rotatable bonds is 4. The Hall–Kier alpha value is -1.03. The highest BCUT2D eigenvalue weighted by Gasteiger charge is 2.25. The van der Waals surface area contributed by atoms with E-state index >= 15 is 0 Å². The average Bonchev–Trinajstić information content (AvgIpc) is 2.41. The molecule has 0 heterocycles. The van der Waals surface area contributed by atoms with Gasteiger partial charge in [-0.3, -0.25) is 0 Å². The lowest BCUT2D eigenvalue weighted by molar-refractivity contribution is 0.413. The van der Waals surface area contributed by atoms with Crippen molar-refractivity contribution in [3.05, 3.63) is 63.1 Å². The van der Waals surface area contributed by atoms with Gasteiger partial charge in [0, 0.05) is 15.0 Å². The summed E-state index contributed by atoms with van der Waals surface area (Å²) in [4.78, 5) is 0. The van der Waals surface area contributed by atoms with Crippen LogP contribution in [0.3, 0.4) is 0 Å². The van der Waals surface area contributed by atoms with Crippen LogP contribution in [-0.2, 0) is 12.0 Å². The highest BCUT2D eigenvalue weighted by Crippen LogP contribution is 2.32. The molecule has 0 aliphatic carbocycles. The van der Waals surface area contributed by atoms with Crippen molar-refractivity contribution in [2.75, 3.05) is 7.11 Å². The van der Waals surface area contributed by atoms with Gasteiger partial charge in [-0.1, -0.05) is 45.7 Å². The molecule has 2 aromatic carbocycles. The standard InChI is InChI=1S/C16H17BrClNO/c1-16(19,13-5-3-4-6-15(13)18)10-11-9-12(20-2)7-8-14(11)17/h3-9H,10,19H2,1-2H3. The van der Waals surface area contributed by atoms with Crippen molar-refractivity contribution in [1.82, 2.24) is 0 Å². The first-order valence-corrected chi connectivity index (χ1v) is 7.47. The minimum atomic E-state index is -0.548. The molecule has 0 radical (unpaired) electrons. The smallest absolute Gasteiger partial charge is 0.119 e. The molecule has 0 aliphatic rings. The number of nitrogens with two attached hydrogens (primary N) is 1. The van der Waals surface area contributed by atoms with Crippen LogP contribution in [-0.4, -0.2) is 7.11 Å². The minimum absolute atomic E-state index is 0.548. The summed E-state index contributed by atoms with van der Waals surface area (Å²) in [5.41, 5.74) is 7.97. The number of halogens is 2. The Balaban J connectivity index is 2.35. The molecule has 4 heteroatoms. The van der Waals surface area contributed by atoms with Crippen LogP contribution in [0.5, 0.6) is 5.75 Å². The summed E-state index contributed by atoms with van der Waals surface area (Å²) in [7, 11) is 1.66. The second-order valence-electron chi connectivity index (χ2n) is 5.03. The quantitative estimate of drug-likeness (QED) is 0.875. The van der Waals surface area contributed by atoms with E-state index in [1.807, 2.05) is 49.4 Å². The van der Waals surface area contributed by atoms with E-state index < -0.39 is 5.54 Å². The molecule has 0 aromatic heterocycles. The third kappa shape index (κ3) is 3.35. The van der Waals surface area contributed by atoms with Gasteiger partial charge >= 0.3 is 0 Å². The predicted octanol–water partition coefficient (Wildman–Crippen LogP) is 4.53. The number of hydrogen-bond acceptors (Lipinski definition) is 2. The maximum absolute atomic E-state index is 6.49. The van der Waals surface area contributed by atoms with Gasteiger partial charge in [-0.2, -0.15) is 0 Å². The molecule has 2 N–H and O–H groups in total. The number of ether oxygens (including phenoxy) is 1. The summed E-state index contributed by atoms with van der Waals surface area (Å²) in [5, 5.41) is 0.691. The van der Waals surface area contributed by atoms with Crippen LogP contribution < -0.4 is 10.5 Å². The van der Waals surface area contributed by atoms with Gasteiger partial charge in [0.2, 0.25) is 0 Å².